The van der Waals surface area contributed by atoms with E-state index in [1.165, 1.54) is 13.0 Å². The van der Waals surface area contributed by atoms with E-state index in [9.17, 15) is 27.8 Å². The van der Waals surface area contributed by atoms with Gasteiger partial charge in [0.15, 0.2) is 23.4 Å². The second kappa shape index (κ2) is 5.27. The first-order valence-corrected chi connectivity index (χ1v) is 6.52. The van der Waals surface area contributed by atoms with Gasteiger partial charge in [-0.05, 0) is 13.0 Å². The van der Waals surface area contributed by atoms with Crippen molar-refractivity contribution in [1.29, 1.82) is 0 Å². The fourth-order valence-electron chi connectivity index (χ4n) is 2.80. The molecule has 4 atom stereocenters. The van der Waals surface area contributed by atoms with Crippen molar-refractivity contribution in [2.24, 2.45) is 5.92 Å². The third-order valence-electron chi connectivity index (χ3n) is 4.31. The zero-order valence-electron chi connectivity index (χ0n) is 12.1. The number of ether oxygens (including phenoxy) is 2. The number of aliphatic hydroxyl groups excluding tert-OH is 1. The van der Waals surface area contributed by atoms with Gasteiger partial charge in [0.05, 0.1) is 7.11 Å². The molecule has 1 aliphatic heterocycles. The van der Waals surface area contributed by atoms with Crippen LogP contribution in [0.1, 0.15) is 25.3 Å². The number of hydrogen-bond donors (Lipinski definition) is 2. The molecule has 1 unspecified atom stereocenters. The van der Waals surface area contributed by atoms with E-state index in [-0.39, 0.29) is 5.56 Å². The Labute approximate surface area is 124 Å². The van der Waals surface area contributed by atoms with Gasteiger partial charge in [0.1, 0.15) is 0 Å². The highest BCUT2D eigenvalue weighted by Crippen LogP contribution is 2.54. The molecule has 0 spiro atoms. The van der Waals surface area contributed by atoms with Gasteiger partial charge in [0.25, 0.3) is 0 Å². The molecular weight excluding hydrogens is 308 g/mol. The molecule has 2 rings (SSSR count). The topological polar surface area (TPSA) is 58.9 Å². The summed E-state index contributed by atoms with van der Waals surface area (Å²) in [5, 5.41) is 19.3. The lowest BCUT2D eigenvalue weighted by Crippen LogP contribution is -2.46. The van der Waals surface area contributed by atoms with Crippen LogP contribution < -0.4 is 4.74 Å². The Morgan fingerprint density at radius 3 is 2.36 bits per heavy atom. The van der Waals surface area contributed by atoms with Crippen molar-refractivity contribution in [3.8, 4) is 11.5 Å². The predicted octanol–water partition coefficient (Wildman–Crippen LogP) is 2.93. The van der Waals surface area contributed by atoms with Crippen molar-refractivity contribution in [2.75, 3.05) is 7.11 Å². The Morgan fingerprint density at radius 2 is 1.91 bits per heavy atom. The van der Waals surface area contributed by atoms with Crippen LogP contribution in [0.3, 0.4) is 0 Å². The number of methoxy groups -OCH3 is 1. The number of aliphatic hydroxyl groups is 1. The molecule has 1 aromatic carbocycles. The van der Waals surface area contributed by atoms with E-state index in [1.807, 2.05) is 0 Å². The second-order valence-corrected chi connectivity index (χ2v) is 5.45. The molecule has 1 heterocycles. The van der Waals surface area contributed by atoms with Crippen LogP contribution in [0.5, 0.6) is 11.5 Å². The van der Waals surface area contributed by atoms with E-state index in [4.69, 9.17) is 9.47 Å². The molecule has 22 heavy (non-hydrogen) atoms. The molecule has 0 aromatic heterocycles. The normalized spacial score (nSPS) is 32.3. The van der Waals surface area contributed by atoms with Gasteiger partial charge in [0, 0.05) is 17.4 Å². The van der Waals surface area contributed by atoms with Crippen LogP contribution in [-0.4, -0.2) is 35.4 Å². The minimum atomic E-state index is -4.70. The van der Waals surface area contributed by atoms with Crippen LogP contribution in [0.4, 0.5) is 17.6 Å². The van der Waals surface area contributed by atoms with Gasteiger partial charge in [-0.2, -0.15) is 17.6 Å². The maximum absolute atomic E-state index is 13.9. The minimum absolute atomic E-state index is 0.00535. The zero-order valence-corrected chi connectivity index (χ0v) is 12.1. The van der Waals surface area contributed by atoms with Gasteiger partial charge in [0.2, 0.25) is 5.82 Å². The lowest BCUT2D eigenvalue weighted by Gasteiger charge is -2.31. The van der Waals surface area contributed by atoms with Gasteiger partial charge < -0.3 is 19.7 Å². The number of halogens is 4. The van der Waals surface area contributed by atoms with E-state index in [0.29, 0.717) is 0 Å². The Hall–Kier alpha value is -1.54. The van der Waals surface area contributed by atoms with Crippen molar-refractivity contribution < 1.29 is 37.2 Å². The Balaban J connectivity index is 2.53. The molecule has 124 valence electrons. The maximum Gasteiger partial charge on any atom is 0.417 e. The summed E-state index contributed by atoms with van der Waals surface area (Å²) in [6.45, 7) is 2.10. The van der Waals surface area contributed by atoms with Gasteiger partial charge in [-0.15, -0.1) is 0 Å². The molecule has 0 saturated carbocycles. The molecule has 1 fully saturated rings. The van der Waals surface area contributed by atoms with Crippen molar-refractivity contribution in [3.05, 3.63) is 23.5 Å². The van der Waals surface area contributed by atoms with E-state index in [2.05, 4.69) is 0 Å². The number of phenols is 1. The van der Waals surface area contributed by atoms with Gasteiger partial charge in [-0.25, -0.2) is 0 Å². The standard InChI is InChI=1S/C14H16F4O4/c1-6-9(12(20)22-13(6,2)14(16,17)18)7-4-5-8(19)10(15)11(7)21-3/h4-6,9,12,19-20H,1-3H3/t6-,9-,12?,13+/m0/s1. The highest BCUT2D eigenvalue weighted by molar-refractivity contribution is 5.45. The van der Waals surface area contributed by atoms with Crippen molar-refractivity contribution in [2.45, 2.75) is 37.8 Å². The van der Waals surface area contributed by atoms with Crippen molar-refractivity contribution in [3.63, 3.8) is 0 Å². The first-order chi connectivity index (χ1) is 10.0. The summed E-state index contributed by atoms with van der Waals surface area (Å²) in [7, 11) is 1.12. The summed E-state index contributed by atoms with van der Waals surface area (Å²) in [5.41, 5.74) is -2.57. The smallest absolute Gasteiger partial charge is 0.417 e. The zero-order chi connectivity index (χ0) is 16.9. The summed E-state index contributed by atoms with van der Waals surface area (Å²) in [6.07, 6.45) is -6.48. The molecule has 0 aliphatic carbocycles. The van der Waals surface area contributed by atoms with Crippen LogP contribution in [0.2, 0.25) is 0 Å². The van der Waals surface area contributed by atoms with Crippen LogP contribution in [0, 0.1) is 11.7 Å². The third kappa shape index (κ3) is 2.30. The van der Waals surface area contributed by atoms with E-state index >= 15 is 0 Å². The van der Waals surface area contributed by atoms with Crippen LogP contribution >= 0.6 is 0 Å². The fourth-order valence-corrected chi connectivity index (χ4v) is 2.80. The molecule has 1 aromatic rings. The van der Waals surface area contributed by atoms with Gasteiger partial charge in [-0.1, -0.05) is 13.0 Å². The highest BCUT2D eigenvalue weighted by atomic mass is 19.4. The number of phenolic OH excluding ortho intramolecular Hbond substituents is 1. The average molecular weight is 324 g/mol. The molecule has 1 saturated heterocycles. The molecule has 4 nitrogen and oxygen atoms in total. The first-order valence-electron chi connectivity index (χ1n) is 6.52. The van der Waals surface area contributed by atoms with E-state index in [0.717, 1.165) is 20.1 Å². The summed E-state index contributed by atoms with van der Waals surface area (Å²) < 4.78 is 63.1. The molecule has 2 N–H and O–H groups in total. The van der Waals surface area contributed by atoms with Crippen LogP contribution in [-0.2, 0) is 4.74 Å². The molecule has 0 radical (unpaired) electrons. The monoisotopic (exact) mass is 324 g/mol. The SMILES string of the molecule is COc1c([C@H]2C(O)O[C@@](C)(C(F)(F)F)[C@H]2C)ccc(O)c1F. The third-order valence-corrected chi connectivity index (χ3v) is 4.31. The van der Waals surface area contributed by atoms with E-state index in [1.54, 1.807) is 0 Å². The summed E-state index contributed by atoms with van der Waals surface area (Å²) >= 11 is 0. The fraction of sp³-hybridized carbons (Fsp3) is 0.571. The highest BCUT2D eigenvalue weighted by Gasteiger charge is 2.64. The number of aromatic hydroxyl groups is 1. The Morgan fingerprint density at radius 1 is 1.32 bits per heavy atom. The summed E-state index contributed by atoms with van der Waals surface area (Å²) in [6, 6.07) is 2.21. The average Bonchev–Trinajstić information content (AvgIpc) is 2.64. The quantitative estimate of drug-likeness (QED) is 0.821. The number of rotatable bonds is 2. The lowest BCUT2D eigenvalue weighted by molar-refractivity contribution is -0.291. The van der Waals surface area contributed by atoms with Crippen molar-refractivity contribution >= 4 is 0 Å². The number of benzene rings is 1. The lowest BCUT2D eigenvalue weighted by atomic mass is 9.79. The number of alkyl halides is 3. The van der Waals surface area contributed by atoms with Crippen LogP contribution in [0.25, 0.3) is 0 Å². The van der Waals surface area contributed by atoms with Crippen LogP contribution in [0.15, 0.2) is 12.1 Å². The maximum atomic E-state index is 13.9. The summed E-state index contributed by atoms with van der Waals surface area (Å²) in [4.78, 5) is 0. The summed E-state index contributed by atoms with van der Waals surface area (Å²) in [5.74, 6) is -4.55. The molecular formula is C14H16F4O4. The Kier molecular flexibility index (Phi) is 4.03. The van der Waals surface area contributed by atoms with Gasteiger partial charge >= 0.3 is 6.18 Å². The molecule has 0 bridgehead atoms. The van der Waals surface area contributed by atoms with Gasteiger partial charge in [-0.3, -0.25) is 0 Å². The minimum Gasteiger partial charge on any atom is -0.505 e. The second-order valence-electron chi connectivity index (χ2n) is 5.45. The van der Waals surface area contributed by atoms with Crippen molar-refractivity contribution in [1.82, 2.24) is 0 Å². The first kappa shape index (κ1) is 16.8. The molecule has 1 aliphatic rings. The van der Waals surface area contributed by atoms with E-state index < -0.39 is 47.2 Å². The number of hydrogen-bond acceptors (Lipinski definition) is 4. The Bertz CT molecular complexity index is 575. The molecule has 8 heteroatoms. The molecule has 0 amide bonds. The predicted molar refractivity (Wildman–Crippen MR) is 68.1 cm³/mol. The largest absolute Gasteiger partial charge is 0.505 e.